The number of carboxylic acids is 1. The lowest BCUT2D eigenvalue weighted by molar-refractivity contribution is -0.139. The highest BCUT2D eigenvalue weighted by atomic mass is 16.5. The number of rotatable bonds is 10. The second-order valence-corrected chi connectivity index (χ2v) is 4.17. The van der Waals surface area contributed by atoms with E-state index in [0.29, 0.717) is 6.54 Å². The van der Waals surface area contributed by atoms with Gasteiger partial charge in [0.2, 0.25) is 5.91 Å². The summed E-state index contributed by atoms with van der Waals surface area (Å²) in [7, 11) is 1.45. The first-order valence-electron chi connectivity index (χ1n) is 6.54. The van der Waals surface area contributed by atoms with Gasteiger partial charge < -0.3 is 25.8 Å². The normalized spacial score (nSPS) is 11.5. The molecule has 8 nitrogen and oxygen atoms in total. The summed E-state index contributed by atoms with van der Waals surface area (Å²) >= 11 is 0. The van der Waals surface area contributed by atoms with E-state index in [2.05, 4.69) is 16.0 Å². The average Bonchev–Trinajstić information content (AvgIpc) is 2.40. The first kappa shape index (κ1) is 18.2. The highest BCUT2D eigenvalue weighted by Gasteiger charge is 2.19. The van der Waals surface area contributed by atoms with Gasteiger partial charge in [0.15, 0.2) is 0 Å². The Morgan fingerprint density at radius 3 is 2.45 bits per heavy atom. The summed E-state index contributed by atoms with van der Waals surface area (Å²) in [4.78, 5) is 33.6. The fraction of sp³-hybridized carbons (Fsp3) is 0.750. The number of hydrogen-bond donors (Lipinski definition) is 4. The van der Waals surface area contributed by atoms with Crippen LogP contribution in [0, 0.1) is 0 Å². The van der Waals surface area contributed by atoms with Gasteiger partial charge in [0.25, 0.3) is 0 Å². The number of carbonyl (C=O) groups is 3. The molecule has 0 aliphatic heterocycles. The maximum absolute atomic E-state index is 11.5. The molecule has 1 atom stereocenters. The van der Waals surface area contributed by atoms with Gasteiger partial charge in [-0.15, -0.1) is 0 Å². The molecule has 0 aromatic carbocycles. The number of nitrogens with one attached hydrogen (secondary N) is 3. The van der Waals surface area contributed by atoms with Gasteiger partial charge in [0.05, 0.1) is 0 Å². The topological polar surface area (TPSA) is 117 Å². The molecule has 0 fully saturated rings. The van der Waals surface area contributed by atoms with Crippen molar-refractivity contribution in [3.63, 3.8) is 0 Å². The average molecular weight is 289 g/mol. The second kappa shape index (κ2) is 11.0. The van der Waals surface area contributed by atoms with Crippen molar-refractivity contribution in [2.24, 2.45) is 0 Å². The van der Waals surface area contributed by atoms with Crippen LogP contribution in [-0.4, -0.2) is 55.9 Å². The van der Waals surface area contributed by atoms with Crippen molar-refractivity contribution in [2.45, 2.75) is 32.2 Å². The number of carboxylic acid groups (broad SMARTS) is 1. The minimum absolute atomic E-state index is 0.151. The highest BCUT2D eigenvalue weighted by molar-refractivity contribution is 5.83. The fourth-order valence-electron chi connectivity index (χ4n) is 1.34. The number of ether oxygens (including phenoxy) is 1. The molecule has 0 radical (unpaired) electrons. The zero-order valence-corrected chi connectivity index (χ0v) is 11.9. The summed E-state index contributed by atoms with van der Waals surface area (Å²) < 4.78 is 4.77. The third-order valence-corrected chi connectivity index (χ3v) is 2.42. The molecule has 0 bridgehead atoms. The lowest BCUT2D eigenvalue weighted by Crippen LogP contribution is -2.47. The maximum Gasteiger partial charge on any atom is 0.326 e. The molecule has 0 aromatic rings. The van der Waals surface area contributed by atoms with Crippen molar-refractivity contribution in [3.05, 3.63) is 0 Å². The molecule has 20 heavy (non-hydrogen) atoms. The van der Waals surface area contributed by atoms with Crippen molar-refractivity contribution in [1.29, 1.82) is 0 Å². The summed E-state index contributed by atoms with van der Waals surface area (Å²) in [5.41, 5.74) is 0. The molecule has 116 valence electrons. The Balaban J connectivity index is 3.90. The minimum Gasteiger partial charge on any atom is -0.480 e. The first-order valence-corrected chi connectivity index (χ1v) is 6.54. The van der Waals surface area contributed by atoms with Gasteiger partial charge in [-0.2, -0.15) is 0 Å². The Morgan fingerprint density at radius 1 is 1.20 bits per heavy atom. The van der Waals surface area contributed by atoms with Gasteiger partial charge in [-0.05, 0) is 6.42 Å². The number of aliphatic carboxylic acids is 1. The van der Waals surface area contributed by atoms with Gasteiger partial charge in [-0.25, -0.2) is 9.59 Å². The summed E-state index contributed by atoms with van der Waals surface area (Å²) in [6.07, 6.45) is 1.18. The van der Waals surface area contributed by atoms with E-state index in [4.69, 9.17) is 9.84 Å². The fourth-order valence-corrected chi connectivity index (χ4v) is 1.34. The van der Waals surface area contributed by atoms with E-state index < -0.39 is 18.0 Å². The van der Waals surface area contributed by atoms with Crippen LogP contribution in [0.15, 0.2) is 0 Å². The van der Waals surface area contributed by atoms with Gasteiger partial charge in [-0.1, -0.05) is 6.92 Å². The zero-order valence-electron chi connectivity index (χ0n) is 11.9. The lowest BCUT2D eigenvalue weighted by atomic mass is 10.2. The van der Waals surface area contributed by atoms with Crippen LogP contribution in [0.1, 0.15) is 26.2 Å². The van der Waals surface area contributed by atoms with E-state index in [1.165, 1.54) is 7.11 Å². The third-order valence-electron chi connectivity index (χ3n) is 2.42. The number of methoxy groups -OCH3 is 1. The zero-order chi connectivity index (χ0) is 15.4. The minimum atomic E-state index is -1.13. The van der Waals surface area contributed by atoms with E-state index in [9.17, 15) is 14.4 Å². The second-order valence-electron chi connectivity index (χ2n) is 4.17. The molecule has 0 heterocycles. The van der Waals surface area contributed by atoms with Crippen molar-refractivity contribution in [1.82, 2.24) is 16.0 Å². The largest absolute Gasteiger partial charge is 0.480 e. The molecule has 0 saturated carbocycles. The van der Waals surface area contributed by atoms with Crippen LogP contribution in [0.3, 0.4) is 0 Å². The molecule has 1 unspecified atom stereocenters. The molecule has 0 aromatic heterocycles. The Morgan fingerprint density at radius 2 is 1.90 bits per heavy atom. The van der Waals surface area contributed by atoms with E-state index in [1.807, 2.05) is 6.92 Å². The van der Waals surface area contributed by atoms with Crippen molar-refractivity contribution >= 4 is 17.9 Å². The van der Waals surface area contributed by atoms with E-state index in [-0.39, 0.29) is 31.9 Å². The Labute approximate surface area is 118 Å². The molecule has 0 rings (SSSR count). The Kier molecular flexibility index (Phi) is 10.0. The van der Waals surface area contributed by atoms with Crippen LogP contribution >= 0.6 is 0 Å². The van der Waals surface area contributed by atoms with Crippen LogP contribution in [0.5, 0.6) is 0 Å². The van der Waals surface area contributed by atoms with E-state index in [0.717, 1.165) is 6.42 Å². The standard InChI is InChI=1S/C12H23N3O5/c1-3-6-13-10(16)4-7-14-12(19)15-9(11(17)18)5-8-20-2/h9H,3-8H2,1-2H3,(H,13,16)(H,17,18)(H2,14,15,19). The first-order chi connectivity index (χ1) is 9.51. The predicted molar refractivity (Wildman–Crippen MR) is 72.4 cm³/mol. The van der Waals surface area contributed by atoms with Crippen LogP contribution in [0.2, 0.25) is 0 Å². The molecule has 0 saturated heterocycles. The molecule has 0 aliphatic carbocycles. The lowest BCUT2D eigenvalue weighted by Gasteiger charge is -2.14. The van der Waals surface area contributed by atoms with Gasteiger partial charge in [0.1, 0.15) is 6.04 Å². The van der Waals surface area contributed by atoms with Gasteiger partial charge in [-0.3, -0.25) is 4.79 Å². The number of urea groups is 1. The molecular formula is C12H23N3O5. The maximum atomic E-state index is 11.5. The van der Waals surface area contributed by atoms with Crippen LogP contribution in [0.4, 0.5) is 4.79 Å². The molecule has 8 heteroatoms. The number of amides is 3. The number of carbonyl (C=O) groups excluding carboxylic acids is 2. The van der Waals surface area contributed by atoms with Gasteiger partial charge >= 0.3 is 12.0 Å². The summed E-state index contributed by atoms with van der Waals surface area (Å²) in [5, 5.41) is 16.3. The Hall–Kier alpha value is -1.83. The molecular weight excluding hydrogens is 266 g/mol. The Bertz CT molecular complexity index is 322. The molecule has 4 N–H and O–H groups in total. The monoisotopic (exact) mass is 289 g/mol. The quantitative estimate of drug-likeness (QED) is 0.440. The summed E-state index contributed by atoms with van der Waals surface area (Å²) in [6, 6.07) is -1.62. The summed E-state index contributed by atoms with van der Waals surface area (Å²) in [5.74, 6) is -1.28. The SMILES string of the molecule is CCCNC(=O)CCNC(=O)NC(CCOC)C(=O)O. The summed E-state index contributed by atoms with van der Waals surface area (Å²) in [6.45, 7) is 2.93. The van der Waals surface area contributed by atoms with Crippen LogP contribution in [0.25, 0.3) is 0 Å². The van der Waals surface area contributed by atoms with Crippen molar-refractivity contribution in [3.8, 4) is 0 Å². The van der Waals surface area contributed by atoms with Crippen LogP contribution < -0.4 is 16.0 Å². The van der Waals surface area contributed by atoms with Crippen molar-refractivity contribution < 1.29 is 24.2 Å². The van der Waals surface area contributed by atoms with Crippen LogP contribution in [-0.2, 0) is 14.3 Å². The molecule has 0 aliphatic rings. The van der Waals surface area contributed by atoms with Crippen molar-refractivity contribution in [2.75, 3.05) is 26.8 Å². The molecule has 3 amide bonds. The highest BCUT2D eigenvalue weighted by Crippen LogP contribution is 1.93. The predicted octanol–water partition coefficient (Wildman–Crippen LogP) is -0.308. The third kappa shape index (κ3) is 9.15. The van der Waals surface area contributed by atoms with Gasteiger partial charge in [0, 0.05) is 39.6 Å². The van der Waals surface area contributed by atoms with E-state index >= 15 is 0 Å². The number of hydrogen-bond acceptors (Lipinski definition) is 4. The van der Waals surface area contributed by atoms with E-state index in [1.54, 1.807) is 0 Å². The molecule has 0 spiro atoms. The smallest absolute Gasteiger partial charge is 0.326 e.